The van der Waals surface area contributed by atoms with Gasteiger partial charge in [0.05, 0.1) is 0 Å². The average molecular weight is 212 g/mol. The second-order valence-corrected chi connectivity index (χ2v) is 4.92. The van der Waals surface area contributed by atoms with Crippen molar-refractivity contribution in [3.8, 4) is 0 Å². The highest BCUT2D eigenvalue weighted by molar-refractivity contribution is 4.91. The van der Waals surface area contributed by atoms with Crippen molar-refractivity contribution in [1.29, 1.82) is 0 Å². The molecule has 0 aromatic carbocycles. The number of unbranched alkanes of at least 4 members (excludes halogenated alkanes) is 1. The maximum atomic E-state index is 5.07. The first-order valence-electron chi connectivity index (χ1n) is 6.35. The first-order valence-corrected chi connectivity index (χ1v) is 6.35. The van der Waals surface area contributed by atoms with E-state index in [0.29, 0.717) is 0 Å². The summed E-state index contributed by atoms with van der Waals surface area (Å²) >= 11 is 0. The van der Waals surface area contributed by atoms with Crippen molar-refractivity contribution < 1.29 is 4.74 Å². The molecule has 2 aliphatic rings. The predicted molar refractivity (Wildman–Crippen MR) is 62.1 cm³/mol. The van der Waals surface area contributed by atoms with Gasteiger partial charge in [-0.05, 0) is 44.7 Å². The third kappa shape index (κ3) is 3.16. The Hall–Kier alpha value is -0.120. The van der Waals surface area contributed by atoms with E-state index in [4.69, 9.17) is 4.74 Å². The van der Waals surface area contributed by atoms with Crippen LogP contribution in [0, 0.1) is 5.92 Å². The van der Waals surface area contributed by atoms with Crippen LogP contribution in [-0.2, 0) is 4.74 Å². The number of fused-ring (bicyclic) bond motifs is 1. The topological polar surface area (TPSA) is 24.5 Å². The minimum Gasteiger partial charge on any atom is -0.385 e. The molecule has 3 heteroatoms. The van der Waals surface area contributed by atoms with E-state index in [0.717, 1.165) is 18.6 Å². The number of nitrogens with one attached hydrogen (secondary N) is 1. The molecule has 0 aromatic rings. The van der Waals surface area contributed by atoms with E-state index in [9.17, 15) is 0 Å². The van der Waals surface area contributed by atoms with E-state index in [-0.39, 0.29) is 0 Å². The molecule has 0 unspecified atom stereocenters. The second-order valence-electron chi connectivity index (χ2n) is 4.92. The third-order valence-electron chi connectivity index (χ3n) is 3.75. The molecule has 2 atom stereocenters. The number of likely N-dealkylation sites (tertiary alicyclic amines) is 1. The van der Waals surface area contributed by atoms with Crippen molar-refractivity contribution in [2.24, 2.45) is 5.92 Å². The molecule has 2 rings (SSSR count). The van der Waals surface area contributed by atoms with Crippen molar-refractivity contribution >= 4 is 0 Å². The number of ether oxygens (including phenoxy) is 1. The zero-order valence-electron chi connectivity index (χ0n) is 9.87. The largest absolute Gasteiger partial charge is 0.385 e. The SMILES string of the molecule is COCCCCN1C[C@@H]2CCCN[C@@H]2C1. The van der Waals surface area contributed by atoms with Gasteiger partial charge < -0.3 is 15.0 Å². The van der Waals surface area contributed by atoms with Crippen molar-refractivity contribution in [3.63, 3.8) is 0 Å². The van der Waals surface area contributed by atoms with Crippen LogP contribution in [0.25, 0.3) is 0 Å². The van der Waals surface area contributed by atoms with Crippen molar-refractivity contribution in [1.82, 2.24) is 10.2 Å². The number of hydrogen-bond acceptors (Lipinski definition) is 3. The first kappa shape index (κ1) is 11.4. The van der Waals surface area contributed by atoms with E-state index in [2.05, 4.69) is 10.2 Å². The van der Waals surface area contributed by atoms with Crippen molar-refractivity contribution in [2.75, 3.05) is 39.9 Å². The summed E-state index contributed by atoms with van der Waals surface area (Å²) in [4.78, 5) is 2.63. The molecule has 2 fully saturated rings. The molecular weight excluding hydrogens is 188 g/mol. The van der Waals surface area contributed by atoms with Crippen LogP contribution in [0.15, 0.2) is 0 Å². The van der Waals surface area contributed by atoms with Crippen LogP contribution in [0.3, 0.4) is 0 Å². The van der Waals surface area contributed by atoms with Gasteiger partial charge in [-0.2, -0.15) is 0 Å². The summed E-state index contributed by atoms with van der Waals surface area (Å²) in [5.74, 6) is 0.932. The number of methoxy groups -OCH3 is 1. The molecular formula is C12H24N2O. The zero-order chi connectivity index (χ0) is 10.5. The summed E-state index contributed by atoms with van der Waals surface area (Å²) < 4.78 is 5.07. The van der Waals surface area contributed by atoms with Gasteiger partial charge in [0.15, 0.2) is 0 Å². The maximum absolute atomic E-state index is 5.07. The molecule has 0 aliphatic carbocycles. The Kier molecular flexibility index (Phi) is 4.42. The Morgan fingerprint density at radius 3 is 3.07 bits per heavy atom. The summed E-state index contributed by atoms with van der Waals surface area (Å²) in [7, 11) is 1.79. The summed E-state index contributed by atoms with van der Waals surface area (Å²) in [6.07, 6.45) is 5.30. The summed E-state index contributed by atoms with van der Waals surface area (Å²) in [6.45, 7) is 6.01. The molecule has 2 saturated heterocycles. The monoisotopic (exact) mass is 212 g/mol. The van der Waals surface area contributed by atoms with Crippen LogP contribution in [0.4, 0.5) is 0 Å². The number of piperidine rings is 1. The lowest BCUT2D eigenvalue weighted by atomic mass is 9.94. The highest BCUT2D eigenvalue weighted by Crippen LogP contribution is 2.24. The van der Waals surface area contributed by atoms with Crippen LogP contribution in [0.1, 0.15) is 25.7 Å². The van der Waals surface area contributed by atoms with Crippen LogP contribution < -0.4 is 5.32 Å². The maximum Gasteiger partial charge on any atom is 0.0462 e. The van der Waals surface area contributed by atoms with E-state index < -0.39 is 0 Å². The Labute approximate surface area is 93.2 Å². The molecule has 88 valence electrons. The molecule has 1 N–H and O–H groups in total. The average Bonchev–Trinajstić information content (AvgIpc) is 2.67. The van der Waals surface area contributed by atoms with Crippen LogP contribution in [0.5, 0.6) is 0 Å². The van der Waals surface area contributed by atoms with E-state index >= 15 is 0 Å². The minimum absolute atomic E-state index is 0.793. The number of nitrogens with zero attached hydrogens (tertiary/aromatic N) is 1. The van der Waals surface area contributed by atoms with Gasteiger partial charge in [-0.1, -0.05) is 0 Å². The molecule has 0 amide bonds. The standard InChI is InChI=1S/C12H24N2O/c1-15-8-3-2-7-14-9-11-5-4-6-13-12(11)10-14/h11-13H,2-10H2,1H3/t11-,12+/m0/s1. The molecule has 0 radical (unpaired) electrons. The first-order chi connectivity index (χ1) is 7.40. The van der Waals surface area contributed by atoms with Gasteiger partial charge in [0.1, 0.15) is 0 Å². The molecule has 0 spiro atoms. The molecule has 2 aliphatic heterocycles. The summed E-state index contributed by atoms with van der Waals surface area (Å²) in [6, 6.07) is 0.793. The molecule has 0 aromatic heterocycles. The number of hydrogen-bond donors (Lipinski definition) is 1. The van der Waals surface area contributed by atoms with Crippen LogP contribution in [0.2, 0.25) is 0 Å². The van der Waals surface area contributed by atoms with Gasteiger partial charge in [0.2, 0.25) is 0 Å². The summed E-state index contributed by atoms with van der Waals surface area (Å²) in [5.41, 5.74) is 0. The second kappa shape index (κ2) is 5.83. The van der Waals surface area contributed by atoms with Gasteiger partial charge in [0.25, 0.3) is 0 Å². The fraction of sp³-hybridized carbons (Fsp3) is 1.00. The van der Waals surface area contributed by atoms with Gasteiger partial charge in [0, 0.05) is 32.8 Å². The molecule has 15 heavy (non-hydrogen) atoms. The minimum atomic E-state index is 0.793. The Morgan fingerprint density at radius 1 is 1.33 bits per heavy atom. The van der Waals surface area contributed by atoms with E-state index in [1.807, 2.05) is 0 Å². The van der Waals surface area contributed by atoms with Crippen LogP contribution >= 0.6 is 0 Å². The fourth-order valence-corrected chi connectivity index (χ4v) is 2.90. The smallest absolute Gasteiger partial charge is 0.0462 e. The Morgan fingerprint density at radius 2 is 2.27 bits per heavy atom. The third-order valence-corrected chi connectivity index (χ3v) is 3.75. The van der Waals surface area contributed by atoms with E-state index in [1.165, 1.54) is 51.9 Å². The summed E-state index contributed by atoms with van der Waals surface area (Å²) in [5, 5.41) is 3.65. The van der Waals surface area contributed by atoms with Gasteiger partial charge in [-0.3, -0.25) is 0 Å². The van der Waals surface area contributed by atoms with Gasteiger partial charge >= 0.3 is 0 Å². The molecule has 0 bridgehead atoms. The lowest BCUT2D eigenvalue weighted by molar-refractivity contribution is 0.186. The van der Waals surface area contributed by atoms with E-state index in [1.54, 1.807) is 7.11 Å². The molecule has 0 saturated carbocycles. The Bertz CT molecular complexity index is 172. The quantitative estimate of drug-likeness (QED) is 0.691. The normalized spacial score (nSPS) is 31.8. The van der Waals surface area contributed by atoms with Crippen LogP contribution in [-0.4, -0.2) is 50.8 Å². The highest BCUT2D eigenvalue weighted by Gasteiger charge is 2.33. The molecule has 3 nitrogen and oxygen atoms in total. The van der Waals surface area contributed by atoms with Gasteiger partial charge in [-0.25, -0.2) is 0 Å². The lowest BCUT2D eigenvalue weighted by Gasteiger charge is -2.24. The lowest BCUT2D eigenvalue weighted by Crippen LogP contribution is -2.40. The molecule has 2 heterocycles. The highest BCUT2D eigenvalue weighted by atomic mass is 16.5. The fourth-order valence-electron chi connectivity index (χ4n) is 2.90. The Balaban J connectivity index is 1.63. The predicted octanol–water partition coefficient (Wildman–Crippen LogP) is 1.10. The van der Waals surface area contributed by atoms with Crippen molar-refractivity contribution in [3.05, 3.63) is 0 Å². The number of rotatable bonds is 5. The van der Waals surface area contributed by atoms with Crippen molar-refractivity contribution in [2.45, 2.75) is 31.7 Å². The van der Waals surface area contributed by atoms with Gasteiger partial charge in [-0.15, -0.1) is 0 Å². The zero-order valence-corrected chi connectivity index (χ0v) is 9.87.